The third-order valence-electron chi connectivity index (χ3n) is 5.65. The number of benzene rings is 1. The van der Waals surface area contributed by atoms with Crippen molar-refractivity contribution in [2.75, 3.05) is 5.75 Å². The first-order chi connectivity index (χ1) is 12.6. The number of hydrogen-bond acceptors (Lipinski definition) is 3. The van der Waals surface area contributed by atoms with Crippen molar-refractivity contribution in [3.05, 3.63) is 35.9 Å². The van der Waals surface area contributed by atoms with Crippen LogP contribution in [0.2, 0.25) is 0 Å². The van der Waals surface area contributed by atoms with Crippen molar-refractivity contribution in [1.29, 1.82) is 0 Å². The van der Waals surface area contributed by atoms with Gasteiger partial charge in [-0.25, -0.2) is 0 Å². The lowest BCUT2D eigenvalue weighted by atomic mass is 9.88. The zero-order valence-corrected chi connectivity index (χ0v) is 16.6. The molecule has 0 bridgehead atoms. The van der Waals surface area contributed by atoms with Crippen LogP contribution in [-0.2, 0) is 4.79 Å². The van der Waals surface area contributed by atoms with Crippen molar-refractivity contribution in [2.24, 2.45) is 5.92 Å². The molecule has 3 atom stereocenters. The highest BCUT2D eigenvalue weighted by Gasteiger charge is 2.45. The van der Waals surface area contributed by atoms with E-state index in [0.717, 1.165) is 19.3 Å². The first kappa shape index (κ1) is 19.3. The van der Waals surface area contributed by atoms with Crippen LogP contribution in [0.3, 0.4) is 0 Å². The molecule has 1 aliphatic carbocycles. The molecule has 1 saturated heterocycles. The van der Waals surface area contributed by atoms with Crippen LogP contribution >= 0.6 is 11.8 Å². The normalized spacial score (nSPS) is 25.1. The van der Waals surface area contributed by atoms with Gasteiger partial charge in [0, 0.05) is 17.4 Å². The van der Waals surface area contributed by atoms with Gasteiger partial charge in [0.2, 0.25) is 5.91 Å². The summed E-state index contributed by atoms with van der Waals surface area (Å²) in [6.45, 7) is 4.08. The van der Waals surface area contributed by atoms with E-state index in [0.29, 0.717) is 17.2 Å². The Morgan fingerprint density at radius 3 is 2.54 bits per heavy atom. The highest BCUT2D eigenvalue weighted by Crippen LogP contribution is 2.41. The molecule has 1 heterocycles. The average molecular weight is 375 g/mol. The number of carbonyl (C=O) groups is 2. The number of hydrogen-bond donors (Lipinski definition) is 1. The largest absolute Gasteiger partial charge is 0.352 e. The van der Waals surface area contributed by atoms with Gasteiger partial charge in [0.15, 0.2) is 0 Å². The van der Waals surface area contributed by atoms with Crippen LogP contribution in [0.1, 0.15) is 62.7 Å². The molecule has 1 aliphatic heterocycles. The second-order valence-electron chi connectivity index (χ2n) is 7.53. The number of rotatable bonds is 5. The predicted octanol–water partition coefficient (Wildman–Crippen LogP) is 4.07. The lowest BCUT2D eigenvalue weighted by molar-refractivity contribution is -0.125. The van der Waals surface area contributed by atoms with Gasteiger partial charge < -0.3 is 10.2 Å². The van der Waals surface area contributed by atoms with E-state index in [1.807, 2.05) is 42.2 Å². The Balaban J connectivity index is 1.84. The maximum atomic E-state index is 13.3. The van der Waals surface area contributed by atoms with E-state index in [4.69, 9.17) is 0 Å². The van der Waals surface area contributed by atoms with E-state index in [1.54, 1.807) is 11.8 Å². The minimum absolute atomic E-state index is 0.00419. The molecule has 2 aliphatic rings. The van der Waals surface area contributed by atoms with E-state index >= 15 is 0 Å². The summed E-state index contributed by atoms with van der Waals surface area (Å²) in [6, 6.07) is 9.17. The van der Waals surface area contributed by atoms with Crippen molar-refractivity contribution in [1.82, 2.24) is 10.2 Å². The maximum absolute atomic E-state index is 13.3. The second kappa shape index (κ2) is 8.94. The van der Waals surface area contributed by atoms with Crippen LogP contribution in [0.25, 0.3) is 0 Å². The molecular formula is C21H30N2O2S. The Morgan fingerprint density at radius 1 is 1.19 bits per heavy atom. The van der Waals surface area contributed by atoms with Crippen molar-refractivity contribution in [3.63, 3.8) is 0 Å². The predicted molar refractivity (Wildman–Crippen MR) is 107 cm³/mol. The molecule has 1 N–H and O–H groups in total. The number of nitrogens with zero attached hydrogens (tertiary/aromatic N) is 1. The molecule has 1 saturated carbocycles. The maximum Gasteiger partial charge on any atom is 0.255 e. The molecule has 2 fully saturated rings. The van der Waals surface area contributed by atoms with Crippen molar-refractivity contribution in [2.45, 2.75) is 69.8 Å². The van der Waals surface area contributed by atoms with Crippen LogP contribution in [0.15, 0.2) is 30.3 Å². The first-order valence-electron chi connectivity index (χ1n) is 9.91. The van der Waals surface area contributed by atoms with Crippen molar-refractivity contribution >= 4 is 23.6 Å². The second-order valence-corrected chi connectivity index (χ2v) is 8.68. The molecule has 2 amide bonds. The molecule has 0 radical (unpaired) electrons. The summed E-state index contributed by atoms with van der Waals surface area (Å²) in [4.78, 5) is 28.1. The SMILES string of the molecule is CCC(C)NC(=O)C1CSC(C2CCCCC2)N1C(=O)c1ccccc1. The Hall–Kier alpha value is -1.49. The van der Waals surface area contributed by atoms with Gasteiger partial charge >= 0.3 is 0 Å². The molecule has 0 aromatic heterocycles. The van der Waals surface area contributed by atoms with E-state index in [-0.39, 0.29) is 29.3 Å². The number of carbonyl (C=O) groups excluding carboxylic acids is 2. The van der Waals surface area contributed by atoms with E-state index < -0.39 is 0 Å². The van der Waals surface area contributed by atoms with Gasteiger partial charge in [-0.2, -0.15) is 0 Å². The van der Waals surface area contributed by atoms with Crippen LogP contribution < -0.4 is 5.32 Å². The smallest absolute Gasteiger partial charge is 0.255 e. The average Bonchev–Trinajstić information content (AvgIpc) is 3.13. The van der Waals surface area contributed by atoms with Gasteiger partial charge in [-0.05, 0) is 44.2 Å². The highest BCUT2D eigenvalue weighted by molar-refractivity contribution is 8.00. The quantitative estimate of drug-likeness (QED) is 0.845. The highest BCUT2D eigenvalue weighted by atomic mass is 32.2. The van der Waals surface area contributed by atoms with E-state index in [1.165, 1.54) is 19.3 Å². The summed E-state index contributed by atoms with van der Waals surface area (Å²) in [6.07, 6.45) is 6.98. The summed E-state index contributed by atoms with van der Waals surface area (Å²) in [5.41, 5.74) is 0.678. The Kier molecular flexibility index (Phi) is 6.63. The number of nitrogens with one attached hydrogen (secondary N) is 1. The van der Waals surface area contributed by atoms with E-state index in [9.17, 15) is 9.59 Å². The molecule has 26 heavy (non-hydrogen) atoms. The molecule has 1 aromatic rings. The molecule has 3 unspecified atom stereocenters. The van der Waals surface area contributed by atoms with E-state index in [2.05, 4.69) is 12.2 Å². The van der Waals surface area contributed by atoms with Crippen LogP contribution in [0, 0.1) is 5.92 Å². The zero-order chi connectivity index (χ0) is 18.5. The van der Waals surface area contributed by atoms with Gasteiger partial charge in [-0.15, -0.1) is 11.8 Å². The van der Waals surface area contributed by atoms with Crippen LogP contribution in [0.4, 0.5) is 0 Å². The fourth-order valence-electron chi connectivity index (χ4n) is 3.94. The first-order valence-corrected chi connectivity index (χ1v) is 11.0. The standard InChI is InChI=1S/C21H30N2O2S/c1-3-15(2)22-19(24)18-14-26-21(17-12-8-5-9-13-17)23(18)20(25)16-10-6-4-7-11-16/h4,6-7,10-11,15,17-18,21H,3,5,8-9,12-14H2,1-2H3,(H,22,24). The number of amides is 2. The van der Waals surface area contributed by atoms with Gasteiger partial charge in [0.1, 0.15) is 6.04 Å². The summed E-state index contributed by atoms with van der Waals surface area (Å²) >= 11 is 1.80. The summed E-state index contributed by atoms with van der Waals surface area (Å²) in [5.74, 6) is 1.19. The Bertz CT molecular complexity index is 616. The van der Waals surface area contributed by atoms with Crippen LogP contribution in [0.5, 0.6) is 0 Å². The molecule has 142 valence electrons. The summed E-state index contributed by atoms with van der Waals surface area (Å²) in [5, 5.41) is 3.21. The van der Waals surface area contributed by atoms with Crippen molar-refractivity contribution in [3.8, 4) is 0 Å². The van der Waals surface area contributed by atoms with Gasteiger partial charge in [-0.3, -0.25) is 9.59 Å². The molecular weight excluding hydrogens is 344 g/mol. The van der Waals surface area contributed by atoms with Gasteiger partial charge in [0.25, 0.3) is 5.91 Å². The Labute approximate surface area is 161 Å². The summed E-state index contributed by atoms with van der Waals surface area (Å²) < 4.78 is 0. The molecule has 1 aromatic carbocycles. The zero-order valence-electron chi connectivity index (χ0n) is 15.8. The summed E-state index contributed by atoms with van der Waals surface area (Å²) in [7, 11) is 0. The van der Waals surface area contributed by atoms with Crippen molar-refractivity contribution < 1.29 is 9.59 Å². The minimum atomic E-state index is -0.367. The fraction of sp³-hybridized carbons (Fsp3) is 0.619. The molecule has 0 spiro atoms. The monoisotopic (exact) mass is 374 g/mol. The molecule has 3 rings (SSSR count). The lowest BCUT2D eigenvalue weighted by Crippen LogP contribution is -2.52. The van der Waals surface area contributed by atoms with Gasteiger partial charge in [-0.1, -0.05) is 44.4 Å². The topological polar surface area (TPSA) is 49.4 Å². The van der Waals surface area contributed by atoms with Crippen LogP contribution in [-0.4, -0.2) is 39.9 Å². The molecule has 4 nitrogen and oxygen atoms in total. The lowest BCUT2D eigenvalue weighted by Gasteiger charge is -2.35. The third-order valence-corrected chi connectivity index (χ3v) is 7.11. The third kappa shape index (κ3) is 4.25. The number of thioether (sulfide) groups is 1. The Morgan fingerprint density at radius 2 is 1.88 bits per heavy atom. The van der Waals surface area contributed by atoms with Gasteiger partial charge in [0.05, 0.1) is 5.37 Å². The fourth-order valence-corrected chi connectivity index (χ4v) is 5.58. The minimum Gasteiger partial charge on any atom is -0.352 e. The molecule has 5 heteroatoms.